The van der Waals surface area contributed by atoms with Gasteiger partial charge in [-0.2, -0.15) is 13.2 Å². The van der Waals surface area contributed by atoms with Crippen molar-refractivity contribution in [3.8, 4) is 0 Å². The Bertz CT molecular complexity index is 249. The first-order valence-corrected chi connectivity index (χ1v) is 7.07. The quantitative estimate of drug-likeness (QED) is 0.773. The number of halogens is 3. The SMILES string of the molecule is FC(F)(F)C1CCCN(CCN2CCCCC2)C1. The molecule has 2 aliphatic heterocycles. The van der Waals surface area contributed by atoms with Gasteiger partial charge in [-0.1, -0.05) is 6.42 Å². The fourth-order valence-corrected chi connectivity index (χ4v) is 2.99. The molecule has 1 unspecified atom stereocenters. The summed E-state index contributed by atoms with van der Waals surface area (Å²) in [6, 6.07) is 0. The highest BCUT2D eigenvalue weighted by Crippen LogP contribution is 2.32. The van der Waals surface area contributed by atoms with Crippen molar-refractivity contribution >= 4 is 0 Å². The molecule has 106 valence electrons. The molecule has 2 heterocycles. The van der Waals surface area contributed by atoms with Gasteiger partial charge in [-0.3, -0.25) is 0 Å². The average molecular weight is 264 g/mol. The zero-order valence-corrected chi connectivity index (χ0v) is 10.9. The van der Waals surface area contributed by atoms with E-state index >= 15 is 0 Å². The molecule has 5 heteroatoms. The number of hydrogen-bond donors (Lipinski definition) is 0. The number of hydrogen-bond acceptors (Lipinski definition) is 2. The van der Waals surface area contributed by atoms with Crippen LogP contribution in [0.4, 0.5) is 13.2 Å². The van der Waals surface area contributed by atoms with Crippen LogP contribution in [0.3, 0.4) is 0 Å². The second-order valence-corrected chi connectivity index (χ2v) is 5.58. The van der Waals surface area contributed by atoms with Crippen LogP contribution in [0.25, 0.3) is 0 Å². The van der Waals surface area contributed by atoms with E-state index in [1.165, 1.54) is 19.3 Å². The summed E-state index contributed by atoms with van der Waals surface area (Å²) in [6.07, 6.45) is 0.768. The van der Waals surface area contributed by atoms with Gasteiger partial charge in [0.15, 0.2) is 0 Å². The number of nitrogens with zero attached hydrogens (tertiary/aromatic N) is 2. The lowest BCUT2D eigenvalue weighted by molar-refractivity contribution is -0.186. The van der Waals surface area contributed by atoms with Crippen molar-refractivity contribution in [1.82, 2.24) is 9.80 Å². The van der Waals surface area contributed by atoms with E-state index in [2.05, 4.69) is 4.90 Å². The first-order chi connectivity index (χ1) is 8.55. The van der Waals surface area contributed by atoms with E-state index < -0.39 is 12.1 Å². The van der Waals surface area contributed by atoms with Crippen molar-refractivity contribution in [2.45, 2.75) is 38.3 Å². The molecule has 0 aromatic carbocycles. The van der Waals surface area contributed by atoms with E-state index in [4.69, 9.17) is 0 Å². The molecule has 0 aromatic heterocycles. The molecule has 2 aliphatic rings. The van der Waals surface area contributed by atoms with Crippen LogP contribution in [-0.2, 0) is 0 Å². The summed E-state index contributed by atoms with van der Waals surface area (Å²) < 4.78 is 38.0. The third-order valence-electron chi connectivity index (χ3n) is 4.15. The van der Waals surface area contributed by atoms with Gasteiger partial charge in [0.2, 0.25) is 0 Å². The van der Waals surface area contributed by atoms with Crippen molar-refractivity contribution in [2.24, 2.45) is 5.92 Å². The molecular weight excluding hydrogens is 241 g/mol. The lowest BCUT2D eigenvalue weighted by Gasteiger charge is -2.35. The highest BCUT2D eigenvalue weighted by atomic mass is 19.4. The standard InChI is InChI=1S/C13H23F3N2/c14-13(15,16)12-5-4-8-18(11-12)10-9-17-6-2-1-3-7-17/h12H,1-11H2. The Morgan fingerprint density at radius 1 is 0.833 bits per heavy atom. The van der Waals surface area contributed by atoms with Gasteiger partial charge in [-0.05, 0) is 45.3 Å². The highest BCUT2D eigenvalue weighted by Gasteiger charge is 2.41. The highest BCUT2D eigenvalue weighted by molar-refractivity contribution is 4.79. The molecule has 0 spiro atoms. The van der Waals surface area contributed by atoms with Crippen LogP contribution in [0.5, 0.6) is 0 Å². The predicted octanol–water partition coefficient (Wildman–Crippen LogP) is 2.75. The van der Waals surface area contributed by atoms with E-state index in [-0.39, 0.29) is 6.54 Å². The summed E-state index contributed by atoms with van der Waals surface area (Å²) in [5.74, 6) is -1.10. The zero-order valence-electron chi connectivity index (χ0n) is 10.9. The number of piperidine rings is 2. The van der Waals surface area contributed by atoms with Gasteiger partial charge in [0.05, 0.1) is 5.92 Å². The Kier molecular flexibility index (Phi) is 4.90. The Morgan fingerprint density at radius 3 is 2.11 bits per heavy atom. The summed E-state index contributed by atoms with van der Waals surface area (Å²) >= 11 is 0. The lowest BCUT2D eigenvalue weighted by atomic mass is 9.97. The van der Waals surface area contributed by atoms with Gasteiger partial charge < -0.3 is 9.80 Å². The van der Waals surface area contributed by atoms with E-state index in [1.807, 2.05) is 4.90 Å². The molecule has 0 bridgehead atoms. The molecule has 0 aromatic rings. The topological polar surface area (TPSA) is 6.48 Å². The van der Waals surface area contributed by atoms with Crippen LogP contribution in [0.15, 0.2) is 0 Å². The monoisotopic (exact) mass is 264 g/mol. The Hall–Kier alpha value is -0.290. The Labute approximate surface area is 107 Å². The third kappa shape index (κ3) is 4.12. The van der Waals surface area contributed by atoms with Crippen LogP contribution in [0, 0.1) is 5.92 Å². The van der Waals surface area contributed by atoms with Crippen molar-refractivity contribution in [2.75, 3.05) is 39.3 Å². The minimum absolute atomic E-state index is 0.206. The van der Waals surface area contributed by atoms with Gasteiger partial charge in [0, 0.05) is 19.6 Å². The zero-order chi connectivity index (χ0) is 13.0. The van der Waals surface area contributed by atoms with Gasteiger partial charge in [-0.15, -0.1) is 0 Å². The maximum absolute atomic E-state index is 12.7. The molecule has 0 aliphatic carbocycles. The van der Waals surface area contributed by atoms with Crippen molar-refractivity contribution in [3.05, 3.63) is 0 Å². The molecule has 0 saturated carbocycles. The minimum atomic E-state index is -4.01. The van der Waals surface area contributed by atoms with Crippen molar-refractivity contribution in [1.29, 1.82) is 0 Å². The average Bonchev–Trinajstić information content (AvgIpc) is 2.37. The second kappa shape index (κ2) is 6.24. The molecular formula is C13H23F3N2. The number of alkyl halides is 3. The van der Waals surface area contributed by atoms with E-state index in [0.29, 0.717) is 12.8 Å². The number of likely N-dealkylation sites (tertiary alicyclic amines) is 2. The summed E-state index contributed by atoms with van der Waals surface area (Å²) in [7, 11) is 0. The summed E-state index contributed by atoms with van der Waals surface area (Å²) in [5, 5.41) is 0. The van der Waals surface area contributed by atoms with Crippen LogP contribution in [0.2, 0.25) is 0 Å². The van der Waals surface area contributed by atoms with Crippen LogP contribution in [-0.4, -0.2) is 55.2 Å². The fraction of sp³-hybridized carbons (Fsp3) is 1.00. The molecule has 0 radical (unpaired) electrons. The third-order valence-corrected chi connectivity index (χ3v) is 4.15. The molecule has 1 atom stereocenters. The number of rotatable bonds is 3. The smallest absolute Gasteiger partial charge is 0.302 e. The maximum Gasteiger partial charge on any atom is 0.393 e. The summed E-state index contributed by atoms with van der Waals surface area (Å²) in [6.45, 7) is 5.02. The molecule has 2 saturated heterocycles. The fourth-order valence-electron chi connectivity index (χ4n) is 2.99. The first-order valence-electron chi connectivity index (χ1n) is 7.07. The van der Waals surface area contributed by atoms with Gasteiger partial charge in [0.25, 0.3) is 0 Å². The van der Waals surface area contributed by atoms with Gasteiger partial charge >= 0.3 is 6.18 Å². The normalized spacial score (nSPS) is 28.5. The van der Waals surface area contributed by atoms with Crippen LogP contribution in [0.1, 0.15) is 32.1 Å². The first kappa shape index (κ1) is 14.1. The molecule has 0 amide bonds. The molecule has 2 fully saturated rings. The largest absolute Gasteiger partial charge is 0.393 e. The minimum Gasteiger partial charge on any atom is -0.302 e. The Morgan fingerprint density at radius 2 is 1.44 bits per heavy atom. The lowest BCUT2D eigenvalue weighted by Crippen LogP contribution is -2.45. The predicted molar refractivity (Wildman–Crippen MR) is 65.5 cm³/mol. The summed E-state index contributed by atoms with van der Waals surface area (Å²) in [4.78, 5) is 4.39. The maximum atomic E-state index is 12.7. The molecule has 2 nitrogen and oxygen atoms in total. The van der Waals surface area contributed by atoms with Crippen molar-refractivity contribution < 1.29 is 13.2 Å². The van der Waals surface area contributed by atoms with Crippen LogP contribution < -0.4 is 0 Å². The molecule has 18 heavy (non-hydrogen) atoms. The van der Waals surface area contributed by atoms with E-state index in [0.717, 1.165) is 32.7 Å². The van der Waals surface area contributed by atoms with Crippen molar-refractivity contribution in [3.63, 3.8) is 0 Å². The Balaban J connectivity index is 1.72. The summed E-state index contributed by atoms with van der Waals surface area (Å²) in [5.41, 5.74) is 0. The van der Waals surface area contributed by atoms with Gasteiger partial charge in [-0.25, -0.2) is 0 Å². The van der Waals surface area contributed by atoms with Gasteiger partial charge in [0.1, 0.15) is 0 Å². The molecule has 2 rings (SSSR count). The second-order valence-electron chi connectivity index (χ2n) is 5.58. The van der Waals surface area contributed by atoms with E-state index in [1.54, 1.807) is 0 Å². The molecule has 0 N–H and O–H groups in total. The van der Waals surface area contributed by atoms with E-state index in [9.17, 15) is 13.2 Å². The van der Waals surface area contributed by atoms with Crippen LogP contribution >= 0.6 is 0 Å².